The molecule has 0 aliphatic rings. The zero-order valence-corrected chi connectivity index (χ0v) is 10.4. The van der Waals surface area contributed by atoms with Gasteiger partial charge in [0, 0.05) is 13.7 Å². The third-order valence-electron chi connectivity index (χ3n) is 2.27. The van der Waals surface area contributed by atoms with Crippen LogP contribution in [0, 0.1) is 5.82 Å². The van der Waals surface area contributed by atoms with Crippen LogP contribution in [0.4, 0.5) is 10.1 Å². The monoisotopic (exact) mass is 262 g/mol. The second-order valence-corrected chi connectivity index (χ2v) is 5.29. The van der Waals surface area contributed by atoms with Crippen molar-refractivity contribution in [1.82, 2.24) is 4.72 Å². The molecule has 0 saturated heterocycles. The first-order valence-electron chi connectivity index (χ1n) is 4.95. The lowest BCUT2D eigenvalue weighted by atomic mass is 10.3. The van der Waals surface area contributed by atoms with E-state index in [1.54, 1.807) is 6.92 Å². The van der Waals surface area contributed by atoms with Gasteiger partial charge in [0.15, 0.2) is 0 Å². The van der Waals surface area contributed by atoms with Gasteiger partial charge in [-0.2, -0.15) is 0 Å². The number of rotatable bonds is 5. The van der Waals surface area contributed by atoms with Gasteiger partial charge in [-0.25, -0.2) is 17.5 Å². The van der Waals surface area contributed by atoms with Gasteiger partial charge >= 0.3 is 0 Å². The van der Waals surface area contributed by atoms with Crippen LogP contribution in [-0.2, 0) is 14.8 Å². The molecule has 1 atom stereocenters. The molecule has 1 aromatic rings. The minimum atomic E-state index is -3.81. The fraction of sp³-hybridized carbons (Fsp3) is 0.400. The Morgan fingerprint density at radius 1 is 1.53 bits per heavy atom. The van der Waals surface area contributed by atoms with E-state index >= 15 is 0 Å². The van der Waals surface area contributed by atoms with Crippen molar-refractivity contribution in [3.8, 4) is 0 Å². The lowest BCUT2D eigenvalue weighted by molar-refractivity contribution is 0.122. The SMILES string of the molecule is COC(C)CNS(=O)(=O)c1cccc(F)c1N. The highest BCUT2D eigenvalue weighted by molar-refractivity contribution is 7.89. The number of hydrogen-bond acceptors (Lipinski definition) is 4. The summed E-state index contributed by atoms with van der Waals surface area (Å²) in [5.74, 6) is -0.757. The zero-order chi connectivity index (χ0) is 13.1. The minimum Gasteiger partial charge on any atom is -0.395 e. The Labute approximate surface area is 99.8 Å². The Morgan fingerprint density at radius 3 is 2.76 bits per heavy atom. The number of nitrogen functional groups attached to an aromatic ring is 1. The van der Waals surface area contributed by atoms with E-state index in [9.17, 15) is 12.8 Å². The molecule has 0 aliphatic heterocycles. The molecule has 1 rings (SSSR count). The number of benzene rings is 1. The van der Waals surface area contributed by atoms with Crippen molar-refractivity contribution in [2.45, 2.75) is 17.9 Å². The number of halogens is 1. The Hall–Kier alpha value is -1.18. The summed E-state index contributed by atoms with van der Waals surface area (Å²) in [5.41, 5.74) is 5.00. The molecule has 0 heterocycles. The lowest BCUT2D eigenvalue weighted by Crippen LogP contribution is -2.32. The Morgan fingerprint density at radius 2 is 2.18 bits per heavy atom. The van der Waals surface area contributed by atoms with Crippen LogP contribution in [0.1, 0.15) is 6.92 Å². The molecule has 0 amide bonds. The van der Waals surface area contributed by atoms with E-state index in [2.05, 4.69) is 4.72 Å². The summed E-state index contributed by atoms with van der Waals surface area (Å²) in [6, 6.07) is 3.64. The molecule has 0 fully saturated rings. The van der Waals surface area contributed by atoms with Crippen molar-refractivity contribution >= 4 is 15.7 Å². The summed E-state index contributed by atoms with van der Waals surface area (Å²) in [6.07, 6.45) is -0.278. The molecule has 7 heteroatoms. The van der Waals surface area contributed by atoms with Crippen LogP contribution in [-0.4, -0.2) is 28.2 Å². The second-order valence-electron chi connectivity index (χ2n) is 3.55. The van der Waals surface area contributed by atoms with Crippen molar-refractivity contribution in [3.05, 3.63) is 24.0 Å². The van der Waals surface area contributed by atoms with Gasteiger partial charge in [-0.15, -0.1) is 0 Å². The highest BCUT2D eigenvalue weighted by atomic mass is 32.2. The van der Waals surface area contributed by atoms with Gasteiger partial charge in [0.1, 0.15) is 10.7 Å². The predicted molar refractivity (Wildman–Crippen MR) is 62.5 cm³/mol. The van der Waals surface area contributed by atoms with Gasteiger partial charge in [0.05, 0.1) is 11.8 Å². The van der Waals surface area contributed by atoms with Crippen LogP contribution >= 0.6 is 0 Å². The molecule has 0 radical (unpaired) electrons. The molecule has 5 nitrogen and oxygen atoms in total. The molecule has 0 saturated carbocycles. The number of hydrogen-bond donors (Lipinski definition) is 2. The minimum absolute atomic E-state index is 0.0921. The van der Waals surface area contributed by atoms with E-state index in [4.69, 9.17) is 10.5 Å². The fourth-order valence-corrected chi connectivity index (χ4v) is 2.39. The first kappa shape index (κ1) is 13.9. The number of para-hydroxylation sites is 1. The quantitative estimate of drug-likeness (QED) is 0.766. The Kier molecular flexibility index (Phi) is 4.44. The van der Waals surface area contributed by atoms with E-state index in [1.165, 1.54) is 19.2 Å². The Balaban J connectivity index is 2.94. The standard InChI is InChI=1S/C10H15FN2O3S/c1-7(16-2)6-13-17(14,15)9-5-3-4-8(11)10(9)12/h3-5,7,13H,6,12H2,1-2H3. The lowest BCUT2D eigenvalue weighted by Gasteiger charge is -2.12. The fourth-order valence-electron chi connectivity index (χ4n) is 1.14. The van der Waals surface area contributed by atoms with Crippen LogP contribution < -0.4 is 10.5 Å². The van der Waals surface area contributed by atoms with Crippen molar-refractivity contribution in [1.29, 1.82) is 0 Å². The summed E-state index contributed by atoms with van der Waals surface area (Å²) in [5, 5.41) is 0. The van der Waals surface area contributed by atoms with Crippen LogP contribution in [0.5, 0.6) is 0 Å². The summed E-state index contributed by atoms with van der Waals surface area (Å²) < 4.78 is 44.0. The van der Waals surface area contributed by atoms with E-state index < -0.39 is 15.8 Å². The predicted octanol–water partition coefficient (Wildman–Crippen LogP) is 0.721. The molecule has 0 aromatic heterocycles. The third-order valence-corrected chi connectivity index (χ3v) is 3.75. The van der Waals surface area contributed by atoms with Crippen molar-refractivity contribution in [2.75, 3.05) is 19.4 Å². The van der Waals surface area contributed by atoms with Gasteiger partial charge in [0.2, 0.25) is 10.0 Å². The highest BCUT2D eigenvalue weighted by Gasteiger charge is 2.19. The maximum absolute atomic E-state index is 13.1. The molecular formula is C10H15FN2O3S. The normalized spacial score (nSPS) is 13.6. The van der Waals surface area contributed by atoms with Gasteiger partial charge in [-0.3, -0.25) is 0 Å². The van der Waals surface area contributed by atoms with Crippen molar-refractivity contribution in [3.63, 3.8) is 0 Å². The molecule has 17 heavy (non-hydrogen) atoms. The average molecular weight is 262 g/mol. The second kappa shape index (κ2) is 5.44. The van der Waals surface area contributed by atoms with Gasteiger partial charge in [-0.05, 0) is 19.1 Å². The molecule has 0 spiro atoms. The van der Waals surface area contributed by atoms with E-state index in [0.717, 1.165) is 6.07 Å². The molecule has 0 bridgehead atoms. The van der Waals surface area contributed by atoms with E-state index in [0.29, 0.717) is 0 Å². The summed E-state index contributed by atoms with van der Waals surface area (Å²) >= 11 is 0. The molecule has 1 unspecified atom stereocenters. The van der Waals surface area contributed by atoms with Gasteiger partial charge < -0.3 is 10.5 Å². The van der Waals surface area contributed by atoms with Crippen LogP contribution in [0.2, 0.25) is 0 Å². The summed E-state index contributed by atoms with van der Waals surface area (Å²) in [4.78, 5) is -0.263. The van der Waals surface area contributed by atoms with Crippen molar-refractivity contribution < 1.29 is 17.5 Å². The number of nitrogens with one attached hydrogen (secondary N) is 1. The number of sulfonamides is 1. The van der Waals surface area contributed by atoms with Crippen LogP contribution in [0.3, 0.4) is 0 Å². The number of nitrogens with two attached hydrogens (primary N) is 1. The number of methoxy groups -OCH3 is 1. The van der Waals surface area contributed by atoms with Crippen LogP contribution in [0.25, 0.3) is 0 Å². The molecule has 96 valence electrons. The van der Waals surface area contributed by atoms with Gasteiger partial charge in [-0.1, -0.05) is 6.07 Å². The molecule has 3 N–H and O–H groups in total. The first-order chi connectivity index (χ1) is 7.88. The first-order valence-corrected chi connectivity index (χ1v) is 6.43. The molecule has 1 aromatic carbocycles. The summed E-state index contributed by atoms with van der Waals surface area (Å²) in [6.45, 7) is 1.80. The Bertz CT molecular complexity index is 490. The van der Waals surface area contributed by atoms with Crippen LogP contribution in [0.15, 0.2) is 23.1 Å². The summed E-state index contributed by atoms with van der Waals surface area (Å²) in [7, 11) is -2.35. The largest absolute Gasteiger partial charge is 0.395 e. The maximum atomic E-state index is 13.1. The van der Waals surface area contributed by atoms with E-state index in [-0.39, 0.29) is 23.2 Å². The third kappa shape index (κ3) is 3.39. The maximum Gasteiger partial charge on any atom is 0.242 e. The topological polar surface area (TPSA) is 81.4 Å². The highest BCUT2D eigenvalue weighted by Crippen LogP contribution is 2.20. The zero-order valence-electron chi connectivity index (χ0n) is 9.60. The van der Waals surface area contributed by atoms with Crippen molar-refractivity contribution in [2.24, 2.45) is 0 Å². The van der Waals surface area contributed by atoms with Gasteiger partial charge in [0.25, 0.3) is 0 Å². The number of anilines is 1. The average Bonchev–Trinajstić information content (AvgIpc) is 2.29. The number of ether oxygens (including phenoxy) is 1. The molecule has 0 aliphatic carbocycles. The smallest absolute Gasteiger partial charge is 0.242 e. The van der Waals surface area contributed by atoms with E-state index in [1.807, 2.05) is 0 Å². The molecular weight excluding hydrogens is 247 g/mol.